The van der Waals surface area contributed by atoms with E-state index in [1.165, 1.54) is 4.90 Å². The SMILES string of the molecule is CSc1ccc(CN(C)C(=O)CN(C)CC(C)(C)O)cc1. The van der Waals surface area contributed by atoms with Crippen LogP contribution in [-0.2, 0) is 11.3 Å². The van der Waals surface area contributed by atoms with Crippen LogP contribution in [0, 0.1) is 0 Å². The summed E-state index contributed by atoms with van der Waals surface area (Å²) in [5, 5.41) is 9.76. The molecule has 4 nitrogen and oxygen atoms in total. The van der Waals surface area contributed by atoms with Gasteiger partial charge in [0.2, 0.25) is 5.91 Å². The lowest BCUT2D eigenvalue weighted by molar-refractivity contribution is -0.131. The minimum atomic E-state index is -0.790. The molecule has 0 saturated carbocycles. The van der Waals surface area contributed by atoms with Crippen LogP contribution in [0.4, 0.5) is 0 Å². The van der Waals surface area contributed by atoms with Gasteiger partial charge in [-0.2, -0.15) is 0 Å². The predicted molar refractivity (Wildman–Crippen MR) is 88.5 cm³/mol. The molecule has 0 aliphatic carbocycles. The number of likely N-dealkylation sites (N-methyl/N-ethyl adjacent to an activating group) is 2. The van der Waals surface area contributed by atoms with Crippen LogP contribution in [0.3, 0.4) is 0 Å². The van der Waals surface area contributed by atoms with Gasteiger partial charge in [-0.25, -0.2) is 0 Å². The van der Waals surface area contributed by atoms with E-state index in [4.69, 9.17) is 0 Å². The highest BCUT2D eigenvalue weighted by molar-refractivity contribution is 7.98. The maximum Gasteiger partial charge on any atom is 0.236 e. The van der Waals surface area contributed by atoms with Gasteiger partial charge in [0.05, 0.1) is 12.1 Å². The summed E-state index contributed by atoms with van der Waals surface area (Å²) in [5.74, 6) is 0.0516. The standard InChI is InChI=1S/C16H26N2O2S/c1-16(2,20)12-17(3)11-15(19)18(4)10-13-6-8-14(21-5)9-7-13/h6-9,20H,10-12H2,1-5H3. The Morgan fingerprint density at radius 1 is 1.24 bits per heavy atom. The Balaban J connectivity index is 2.50. The van der Waals surface area contributed by atoms with Crippen molar-refractivity contribution in [1.29, 1.82) is 0 Å². The van der Waals surface area contributed by atoms with Crippen LogP contribution >= 0.6 is 11.8 Å². The zero-order valence-electron chi connectivity index (χ0n) is 13.6. The highest BCUT2D eigenvalue weighted by Crippen LogP contribution is 2.15. The number of thioether (sulfide) groups is 1. The van der Waals surface area contributed by atoms with Gasteiger partial charge in [0.1, 0.15) is 0 Å². The van der Waals surface area contributed by atoms with Crippen molar-refractivity contribution in [2.75, 3.05) is 33.4 Å². The molecule has 0 unspecified atom stereocenters. The lowest BCUT2D eigenvalue weighted by atomic mass is 10.1. The summed E-state index contributed by atoms with van der Waals surface area (Å²) in [7, 11) is 3.65. The molecule has 0 aliphatic rings. The summed E-state index contributed by atoms with van der Waals surface area (Å²) < 4.78 is 0. The van der Waals surface area contributed by atoms with Crippen molar-refractivity contribution in [3.8, 4) is 0 Å². The third-order valence-electron chi connectivity index (χ3n) is 3.07. The number of carbonyl (C=O) groups is 1. The molecule has 21 heavy (non-hydrogen) atoms. The molecule has 0 aromatic heterocycles. The van der Waals surface area contributed by atoms with Crippen LogP contribution in [0.1, 0.15) is 19.4 Å². The zero-order chi connectivity index (χ0) is 16.0. The molecule has 0 spiro atoms. The third-order valence-corrected chi connectivity index (χ3v) is 3.81. The van der Waals surface area contributed by atoms with E-state index >= 15 is 0 Å². The van der Waals surface area contributed by atoms with Crippen molar-refractivity contribution in [2.24, 2.45) is 0 Å². The van der Waals surface area contributed by atoms with Crippen molar-refractivity contribution in [3.63, 3.8) is 0 Å². The first kappa shape index (κ1) is 18.0. The van der Waals surface area contributed by atoms with Gasteiger partial charge in [-0.15, -0.1) is 11.8 Å². The second kappa shape index (κ2) is 7.82. The van der Waals surface area contributed by atoms with E-state index in [9.17, 15) is 9.90 Å². The quantitative estimate of drug-likeness (QED) is 0.783. The fourth-order valence-electron chi connectivity index (χ4n) is 2.16. The van der Waals surface area contributed by atoms with Crippen molar-refractivity contribution in [1.82, 2.24) is 9.80 Å². The topological polar surface area (TPSA) is 43.8 Å². The molecule has 0 aliphatic heterocycles. The Morgan fingerprint density at radius 2 is 1.81 bits per heavy atom. The van der Waals surface area contributed by atoms with Crippen LogP contribution in [0.5, 0.6) is 0 Å². The Labute approximate surface area is 132 Å². The zero-order valence-corrected chi connectivity index (χ0v) is 14.4. The van der Waals surface area contributed by atoms with Gasteiger partial charge in [-0.05, 0) is 44.8 Å². The maximum atomic E-state index is 12.2. The highest BCUT2D eigenvalue weighted by atomic mass is 32.2. The van der Waals surface area contributed by atoms with Gasteiger partial charge in [0.25, 0.3) is 0 Å². The van der Waals surface area contributed by atoms with E-state index in [1.54, 1.807) is 30.5 Å². The number of benzene rings is 1. The number of nitrogens with zero attached hydrogens (tertiary/aromatic N) is 2. The smallest absolute Gasteiger partial charge is 0.236 e. The third kappa shape index (κ3) is 6.98. The van der Waals surface area contributed by atoms with E-state index in [1.807, 2.05) is 25.3 Å². The number of rotatable bonds is 7. The summed E-state index contributed by atoms with van der Waals surface area (Å²) in [5.41, 5.74) is 0.329. The van der Waals surface area contributed by atoms with E-state index in [0.29, 0.717) is 19.6 Å². The molecule has 0 heterocycles. The molecule has 5 heteroatoms. The molecule has 0 atom stereocenters. The number of aliphatic hydroxyl groups is 1. The second-order valence-corrected chi connectivity index (χ2v) is 6.96. The molecule has 1 aromatic rings. The van der Waals surface area contributed by atoms with Crippen molar-refractivity contribution in [2.45, 2.75) is 30.9 Å². The molecule has 0 fully saturated rings. The molecule has 0 saturated heterocycles. The summed E-state index contributed by atoms with van der Waals surface area (Å²) in [4.78, 5) is 16.9. The molecule has 0 radical (unpaired) electrons. The van der Waals surface area contributed by atoms with Crippen molar-refractivity contribution < 1.29 is 9.90 Å². The number of hydrogen-bond donors (Lipinski definition) is 1. The fraction of sp³-hybridized carbons (Fsp3) is 0.562. The molecular formula is C16H26N2O2S. The van der Waals surface area contributed by atoms with Gasteiger partial charge in [-0.3, -0.25) is 9.69 Å². The van der Waals surface area contributed by atoms with E-state index in [-0.39, 0.29) is 5.91 Å². The average molecular weight is 310 g/mol. The summed E-state index contributed by atoms with van der Waals surface area (Å²) in [6.45, 7) is 4.86. The fourth-order valence-corrected chi connectivity index (χ4v) is 2.57. The number of carbonyl (C=O) groups excluding carboxylic acids is 1. The monoisotopic (exact) mass is 310 g/mol. The normalized spacial score (nSPS) is 11.8. The molecule has 1 rings (SSSR count). The molecule has 1 amide bonds. The largest absolute Gasteiger partial charge is 0.389 e. The van der Waals surface area contributed by atoms with Gasteiger partial charge < -0.3 is 10.0 Å². The average Bonchev–Trinajstić information content (AvgIpc) is 2.37. The summed E-state index contributed by atoms with van der Waals surface area (Å²) in [6, 6.07) is 8.24. The first-order valence-corrected chi connectivity index (χ1v) is 8.21. The van der Waals surface area contributed by atoms with Crippen LogP contribution in [0.15, 0.2) is 29.2 Å². The highest BCUT2D eigenvalue weighted by Gasteiger charge is 2.18. The van der Waals surface area contributed by atoms with Crippen LogP contribution in [-0.4, -0.2) is 59.9 Å². The van der Waals surface area contributed by atoms with Crippen LogP contribution in [0.2, 0.25) is 0 Å². The molecule has 1 N–H and O–H groups in total. The Morgan fingerprint density at radius 3 is 2.29 bits per heavy atom. The molecule has 118 valence electrons. The van der Waals surface area contributed by atoms with Gasteiger partial charge >= 0.3 is 0 Å². The first-order chi connectivity index (χ1) is 9.71. The minimum Gasteiger partial charge on any atom is -0.389 e. The Bertz CT molecular complexity index is 454. The predicted octanol–water partition coefficient (Wildman–Crippen LogP) is 2.07. The van der Waals surface area contributed by atoms with E-state index < -0.39 is 5.60 Å². The first-order valence-electron chi connectivity index (χ1n) is 6.99. The molecule has 1 aromatic carbocycles. The Hall–Kier alpha value is -1.04. The van der Waals surface area contributed by atoms with Gasteiger partial charge in [0, 0.05) is 25.0 Å². The lowest BCUT2D eigenvalue weighted by Gasteiger charge is -2.27. The second-order valence-electron chi connectivity index (χ2n) is 6.08. The van der Waals surface area contributed by atoms with Crippen molar-refractivity contribution in [3.05, 3.63) is 29.8 Å². The maximum absolute atomic E-state index is 12.2. The summed E-state index contributed by atoms with van der Waals surface area (Å²) >= 11 is 1.71. The number of hydrogen-bond acceptors (Lipinski definition) is 4. The molecular weight excluding hydrogens is 284 g/mol. The number of amides is 1. The van der Waals surface area contributed by atoms with E-state index in [2.05, 4.69) is 24.3 Å². The minimum absolute atomic E-state index is 0.0516. The lowest BCUT2D eigenvalue weighted by Crippen LogP contribution is -2.42. The van der Waals surface area contributed by atoms with Crippen LogP contribution in [0.25, 0.3) is 0 Å². The summed E-state index contributed by atoms with van der Waals surface area (Å²) in [6.07, 6.45) is 2.04. The van der Waals surface area contributed by atoms with Crippen LogP contribution < -0.4 is 0 Å². The van der Waals surface area contributed by atoms with Gasteiger partial charge in [-0.1, -0.05) is 12.1 Å². The van der Waals surface area contributed by atoms with Gasteiger partial charge in [0.15, 0.2) is 0 Å². The van der Waals surface area contributed by atoms with E-state index in [0.717, 1.165) is 5.56 Å². The van der Waals surface area contributed by atoms with Crippen molar-refractivity contribution >= 4 is 17.7 Å². The molecule has 0 bridgehead atoms. The Kier molecular flexibility index (Phi) is 6.71.